The first kappa shape index (κ1) is 11.8. The molecule has 1 aliphatic carbocycles. The number of carbonyl (C=O) groups excluding carboxylic acids is 1. The summed E-state index contributed by atoms with van der Waals surface area (Å²) in [5.74, 6) is 0.860. The Balaban J connectivity index is 1.77. The molecule has 5 nitrogen and oxygen atoms in total. The van der Waals surface area contributed by atoms with Crippen LogP contribution in [-0.4, -0.2) is 22.4 Å². The zero-order valence-electron chi connectivity index (χ0n) is 9.85. The Morgan fingerprint density at radius 2 is 2.18 bits per heavy atom. The van der Waals surface area contributed by atoms with Gasteiger partial charge in [0.2, 0.25) is 0 Å². The molecule has 0 aromatic carbocycles. The van der Waals surface area contributed by atoms with Gasteiger partial charge in [-0.25, -0.2) is 4.98 Å². The SMILES string of the molecule is Nc1cncc(C(=O)NCCC2CCCC2)n1. The number of nitrogens with one attached hydrogen (secondary N) is 1. The number of rotatable bonds is 4. The van der Waals surface area contributed by atoms with Gasteiger partial charge in [-0.2, -0.15) is 0 Å². The highest BCUT2D eigenvalue weighted by Crippen LogP contribution is 2.26. The Kier molecular flexibility index (Phi) is 3.90. The normalized spacial score (nSPS) is 16.0. The minimum Gasteiger partial charge on any atom is -0.382 e. The van der Waals surface area contributed by atoms with Gasteiger partial charge in [-0.15, -0.1) is 0 Å². The Hall–Kier alpha value is -1.65. The second-order valence-corrected chi connectivity index (χ2v) is 4.52. The van der Waals surface area contributed by atoms with Crippen LogP contribution >= 0.6 is 0 Å². The van der Waals surface area contributed by atoms with Crippen molar-refractivity contribution in [3.8, 4) is 0 Å². The first-order valence-electron chi connectivity index (χ1n) is 6.11. The predicted molar refractivity (Wildman–Crippen MR) is 65.4 cm³/mol. The van der Waals surface area contributed by atoms with Gasteiger partial charge in [0.15, 0.2) is 0 Å². The topological polar surface area (TPSA) is 80.9 Å². The van der Waals surface area contributed by atoms with Crippen LogP contribution in [0, 0.1) is 5.92 Å². The van der Waals surface area contributed by atoms with E-state index in [0.717, 1.165) is 12.3 Å². The first-order chi connectivity index (χ1) is 8.25. The van der Waals surface area contributed by atoms with Crippen molar-refractivity contribution in [3.63, 3.8) is 0 Å². The second kappa shape index (κ2) is 5.61. The fraction of sp³-hybridized carbons (Fsp3) is 0.583. The molecule has 1 saturated carbocycles. The van der Waals surface area contributed by atoms with Gasteiger partial charge in [-0.3, -0.25) is 9.78 Å². The van der Waals surface area contributed by atoms with Gasteiger partial charge < -0.3 is 11.1 Å². The van der Waals surface area contributed by atoms with Crippen LogP contribution in [0.25, 0.3) is 0 Å². The number of amides is 1. The lowest BCUT2D eigenvalue weighted by molar-refractivity contribution is 0.0946. The molecule has 92 valence electrons. The lowest BCUT2D eigenvalue weighted by atomic mass is 10.0. The maximum Gasteiger partial charge on any atom is 0.271 e. The van der Waals surface area contributed by atoms with Crippen molar-refractivity contribution in [1.29, 1.82) is 0 Å². The van der Waals surface area contributed by atoms with Crippen molar-refractivity contribution < 1.29 is 4.79 Å². The third kappa shape index (κ3) is 3.41. The third-order valence-corrected chi connectivity index (χ3v) is 3.20. The van der Waals surface area contributed by atoms with Crippen LogP contribution in [0.1, 0.15) is 42.6 Å². The molecule has 1 amide bonds. The van der Waals surface area contributed by atoms with Gasteiger partial charge in [0.25, 0.3) is 5.91 Å². The lowest BCUT2D eigenvalue weighted by Gasteiger charge is -2.09. The highest BCUT2D eigenvalue weighted by atomic mass is 16.1. The standard InChI is InChI=1S/C12H18N4O/c13-11-8-14-7-10(16-11)12(17)15-6-5-9-3-1-2-4-9/h7-9H,1-6H2,(H2,13,16)(H,15,17). The summed E-state index contributed by atoms with van der Waals surface area (Å²) >= 11 is 0. The molecule has 2 rings (SSSR count). The molecule has 3 N–H and O–H groups in total. The quantitative estimate of drug-likeness (QED) is 0.824. The number of anilines is 1. The number of hydrogen-bond donors (Lipinski definition) is 2. The van der Waals surface area contributed by atoms with Crippen molar-refractivity contribution in [3.05, 3.63) is 18.1 Å². The van der Waals surface area contributed by atoms with Gasteiger partial charge in [0, 0.05) is 6.54 Å². The molecule has 0 bridgehead atoms. The Bertz CT molecular complexity index is 388. The third-order valence-electron chi connectivity index (χ3n) is 3.20. The maximum atomic E-state index is 11.7. The van der Waals surface area contributed by atoms with E-state index in [9.17, 15) is 4.79 Å². The molecule has 17 heavy (non-hydrogen) atoms. The molecule has 0 atom stereocenters. The Labute approximate surface area is 101 Å². The highest BCUT2D eigenvalue weighted by Gasteiger charge is 2.15. The van der Waals surface area contributed by atoms with Gasteiger partial charge >= 0.3 is 0 Å². The van der Waals surface area contributed by atoms with E-state index in [0.29, 0.717) is 6.54 Å². The number of aromatic nitrogens is 2. The molecule has 1 aliphatic rings. The number of nitrogens with two attached hydrogens (primary N) is 1. The van der Waals surface area contributed by atoms with Crippen LogP contribution in [-0.2, 0) is 0 Å². The minimum atomic E-state index is -0.192. The van der Waals surface area contributed by atoms with E-state index in [-0.39, 0.29) is 17.4 Å². The zero-order valence-corrected chi connectivity index (χ0v) is 9.85. The van der Waals surface area contributed by atoms with Crippen molar-refractivity contribution >= 4 is 11.7 Å². The van der Waals surface area contributed by atoms with Gasteiger partial charge in [0.1, 0.15) is 11.5 Å². The summed E-state index contributed by atoms with van der Waals surface area (Å²) < 4.78 is 0. The molecule has 0 aliphatic heterocycles. The fourth-order valence-electron chi connectivity index (χ4n) is 2.27. The van der Waals surface area contributed by atoms with Crippen LogP contribution < -0.4 is 11.1 Å². The summed E-state index contributed by atoms with van der Waals surface area (Å²) in [5.41, 5.74) is 5.76. The maximum absolute atomic E-state index is 11.7. The van der Waals surface area contributed by atoms with E-state index in [1.54, 1.807) is 0 Å². The summed E-state index contributed by atoms with van der Waals surface area (Å²) in [7, 11) is 0. The molecular formula is C12H18N4O. The molecule has 0 spiro atoms. The van der Waals surface area contributed by atoms with E-state index in [2.05, 4.69) is 15.3 Å². The lowest BCUT2D eigenvalue weighted by Crippen LogP contribution is -2.26. The van der Waals surface area contributed by atoms with Crippen LogP contribution in [0.2, 0.25) is 0 Å². The van der Waals surface area contributed by atoms with Crippen molar-refractivity contribution in [2.75, 3.05) is 12.3 Å². The van der Waals surface area contributed by atoms with E-state index in [1.807, 2.05) is 0 Å². The average molecular weight is 234 g/mol. The van der Waals surface area contributed by atoms with Gasteiger partial charge in [-0.1, -0.05) is 25.7 Å². The summed E-state index contributed by atoms with van der Waals surface area (Å²) in [6, 6.07) is 0. The van der Waals surface area contributed by atoms with Crippen molar-refractivity contribution in [1.82, 2.24) is 15.3 Å². The number of hydrogen-bond acceptors (Lipinski definition) is 4. The molecule has 0 unspecified atom stereocenters. The number of nitrogen functional groups attached to an aromatic ring is 1. The monoisotopic (exact) mass is 234 g/mol. The Morgan fingerprint density at radius 1 is 1.41 bits per heavy atom. The summed E-state index contributed by atoms with van der Waals surface area (Å²) in [6.07, 6.45) is 9.18. The Morgan fingerprint density at radius 3 is 2.88 bits per heavy atom. The minimum absolute atomic E-state index is 0.192. The molecule has 1 aromatic rings. The highest BCUT2D eigenvalue weighted by molar-refractivity contribution is 5.92. The van der Waals surface area contributed by atoms with Crippen molar-refractivity contribution in [2.24, 2.45) is 5.92 Å². The number of nitrogens with zero attached hydrogens (tertiary/aromatic N) is 2. The fourth-order valence-corrected chi connectivity index (χ4v) is 2.27. The smallest absolute Gasteiger partial charge is 0.271 e. The molecular weight excluding hydrogens is 216 g/mol. The van der Waals surface area contributed by atoms with E-state index >= 15 is 0 Å². The molecule has 1 aromatic heterocycles. The van der Waals surface area contributed by atoms with E-state index in [1.165, 1.54) is 38.1 Å². The summed E-state index contributed by atoms with van der Waals surface area (Å²) in [5, 5.41) is 2.86. The van der Waals surface area contributed by atoms with Crippen LogP contribution in [0.3, 0.4) is 0 Å². The molecule has 1 fully saturated rings. The second-order valence-electron chi connectivity index (χ2n) is 4.52. The van der Waals surface area contributed by atoms with Crippen LogP contribution in [0.5, 0.6) is 0 Å². The zero-order chi connectivity index (χ0) is 12.1. The van der Waals surface area contributed by atoms with E-state index in [4.69, 9.17) is 5.73 Å². The van der Waals surface area contributed by atoms with Crippen LogP contribution in [0.15, 0.2) is 12.4 Å². The molecule has 1 heterocycles. The molecule has 0 saturated heterocycles. The average Bonchev–Trinajstić information content (AvgIpc) is 2.82. The largest absolute Gasteiger partial charge is 0.382 e. The predicted octanol–water partition coefficient (Wildman–Crippen LogP) is 1.37. The van der Waals surface area contributed by atoms with Gasteiger partial charge in [0.05, 0.1) is 12.4 Å². The van der Waals surface area contributed by atoms with E-state index < -0.39 is 0 Å². The van der Waals surface area contributed by atoms with Crippen LogP contribution in [0.4, 0.5) is 5.82 Å². The van der Waals surface area contributed by atoms with Gasteiger partial charge in [-0.05, 0) is 12.3 Å². The molecule has 0 radical (unpaired) electrons. The first-order valence-corrected chi connectivity index (χ1v) is 6.11. The number of carbonyl (C=O) groups is 1. The summed E-state index contributed by atoms with van der Waals surface area (Å²) in [4.78, 5) is 19.5. The summed E-state index contributed by atoms with van der Waals surface area (Å²) in [6.45, 7) is 0.708. The van der Waals surface area contributed by atoms with Crippen molar-refractivity contribution in [2.45, 2.75) is 32.1 Å². The molecule has 5 heteroatoms.